The van der Waals surface area contributed by atoms with Gasteiger partial charge < -0.3 is 13.7 Å². The van der Waals surface area contributed by atoms with Crippen molar-refractivity contribution in [3.05, 3.63) is 60.4 Å². The molecule has 0 radical (unpaired) electrons. The average molecular weight is 324 g/mol. The van der Waals surface area contributed by atoms with Crippen LogP contribution in [-0.2, 0) is 13.6 Å². The molecule has 3 heterocycles. The first-order valence-corrected chi connectivity index (χ1v) is 8.19. The van der Waals surface area contributed by atoms with Crippen LogP contribution in [0.3, 0.4) is 0 Å². The number of likely N-dealkylation sites (tertiary alicyclic amines) is 1. The minimum atomic E-state index is 0.293. The van der Waals surface area contributed by atoms with Crippen LogP contribution in [0, 0.1) is 0 Å². The van der Waals surface area contributed by atoms with Crippen molar-refractivity contribution < 1.29 is 9.15 Å². The molecule has 3 aromatic rings. The summed E-state index contributed by atoms with van der Waals surface area (Å²) < 4.78 is 13.6. The molecular weight excluding hydrogens is 304 g/mol. The minimum absolute atomic E-state index is 0.293. The molecule has 1 saturated heterocycles. The molecule has 24 heavy (non-hydrogen) atoms. The van der Waals surface area contributed by atoms with Gasteiger partial charge >= 0.3 is 0 Å². The number of benzene rings is 1. The van der Waals surface area contributed by atoms with E-state index in [2.05, 4.69) is 15.1 Å². The molecule has 2 aromatic heterocycles. The van der Waals surface area contributed by atoms with E-state index in [0.29, 0.717) is 12.0 Å². The molecule has 0 bridgehead atoms. The Bertz CT molecular complexity index is 796. The van der Waals surface area contributed by atoms with Crippen molar-refractivity contribution in [2.75, 3.05) is 6.54 Å². The number of hydrogen-bond acceptors (Lipinski definition) is 5. The molecule has 0 unspecified atom stereocenters. The molecule has 1 aliphatic rings. The lowest BCUT2D eigenvalue weighted by molar-refractivity contribution is 0.210. The van der Waals surface area contributed by atoms with E-state index < -0.39 is 0 Å². The van der Waals surface area contributed by atoms with E-state index in [1.807, 2.05) is 54.1 Å². The summed E-state index contributed by atoms with van der Waals surface area (Å²) in [6, 6.07) is 13.8. The number of ether oxygens (including phenoxy) is 1. The van der Waals surface area contributed by atoms with Crippen LogP contribution in [0.5, 0.6) is 11.7 Å². The molecule has 124 valence electrons. The fraction of sp³-hybridized carbons (Fsp3) is 0.333. The van der Waals surface area contributed by atoms with Gasteiger partial charge in [-0.05, 0) is 37.6 Å². The normalized spacial score (nSPS) is 18.1. The molecule has 4 rings (SSSR count). The molecule has 6 heteroatoms. The Morgan fingerprint density at radius 3 is 2.88 bits per heavy atom. The van der Waals surface area contributed by atoms with Crippen LogP contribution in [0.4, 0.5) is 0 Å². The van der Waals surface area contributed by atoms with Gasteiger partial charge in [0.15, 0.2) is 0 Å². The molecule has 0 spiro atoms. The van der Waals surface area contributed by atoms with Crippen molar-refractivity contribution >= 4 is 0 Å². The molecule has 1 fully saturated rings. The fourth-order valence-electron chi connectivity index (χ4n) is 3.20. The number of nitrogens with zero attached hydrogens (tertiary/aromatic N) is 4. The molecule has 0 saturated carbocycles. The molecule has 1 aromatic carbocycles. The Hall–Kier alpha value is -2.60. The van der Waals surface area contributed by atoms with Crippen molar-refractivity contribution in [3.63, 3.8) is 0 Å². The fourth-order valence-corrected chi connectivity index (χ4v) is 3.20. The summed E-state index contributed by atoms with van der Waals surface area (Å²) in [5.41, 5.74) is 0. The van der Waals surface area contributed by atoms with Crippen molar-refractivity contribution in [1.29, 1.82) is 0 Å². The van der Waals surface area contributed by atoms with Crippen molar-refractivity contribution in [3.8, 4) is 11.7 Å². The monoisotopic (exact) mass is 324 g/mol. The molecule has 0 N–H and O–H groups in total. The van der Waals surface area contributed by atoms with Crippen molar-refractivity contribution in [2.45, 2.75) is 25.4 Å². The van der Waals surface area contributed by atoms with Crippen LogP contribution in [0.1, 0.15) is 30.5 Å². The molecule has 6 nitrogen and oxygen atoms in total. The topological polar surface area (TPSA) is 56.3 Å². The van der Waals surface area contributed by atoms with E-state index in [-0.39, 0.29) is 0 Å². The maximum atomic E-state index is 5.84. The third-order valence-electron chi connectivity index (χ3n) is 4.37. The smallest absolute Gasteiger partial charge is 0.290 e. The summed E-state index contributed by atoms with van der Waals surface area (Å²) in [4.78, 5) is 2.38. The van der Waals surface area contributed by atoms with Gasteiger partial charge in [-0.2, -0.15) is 0 Å². The average Bonchev–Trinajstić information content (AvgIpc) is 3.31. The number of hydrogen-bond donors (Lipinski definition) is 0. The van der Waals surface area contributed by atoms with Crippen LogP contribution in [0.2, 0.25) is 0 Å². The van der Waals surface area contributed by atoms with E-state index in [4.69, 9.17) is 9.15 Å². The third kappa shape index (κ3) is 3.05. The number of aromatic nitrogens is 3. The maximum Gasteiger partial charge on any atom is 0.290 e. The zero-order chi connectivity index (χ0) is 16.4. The first-order chi connectivity index (χ1) is 11.8. The molecule has 0 aliphatic carbocycles. The third-order valence-corrected chi connectivity index (χ3v) is 4.37. The van der Waals surface area contributed by atoms with E-state index in [1.165, 1.54) is 0 Å². The number of furan rings is 1. The van der Waals surface area contributed by atoms with Crippen LogP contribution in [-0.4, -0.2) is 26.2 Å². The highest BCUT2D eigenvalue weighted by Crippen LogP contribution is 2.33. The van der Waals surface area contributed by atoms with E-state index in [1.54, 1.807) is 6.33 Å². The molecular formula is C18H20N4O2. The standard InChI is InChI=1S/C18H20N4O2/c1-21-13-19-20-18(21)16-8-5-11-22(16)12-15-9-10-17(24-15)23-14-6-3-2-4-7-14/h2-4,6-7,9-10,13,16H,5,8,11-12H2,1H3/t16-/m0/s1. The van der Waals surface area contributed by atoms with Crippen molar-refractivity contribution in [2.24, 2.45) is 7.05 Å². The van der Waals surface area contributed by atoms with E-state index in [0.717, 1.165) is 43.3 Å². The predicted molar refractivity (Wildman–Crippen MR) is 88.6 cm³/mol. The van der Waals surface area contributed by atoms with Gasteiger partial charge in [0.25, 0.3) is 5.95 Å². The highest BCUT2D eigenvalue weighted by atomic mass is 16.6. The number of para-hydroxylation sites is 1. The van der Waals surface area contributed by atoms with Crippen LogP contribution >= 0.6 is 0 Å². The van der Waals surface area contributed by atoms with Gasteiger partial charge in [0.2, 0.25) is 0 Å². The Labute approximate surface area is 140 Å². The summed E-state index contributed by atoms with van der Waals surface area (Å²) in [6.45, 7) is 1.78. The zero-order valence-corrected chi connectivity index (χ0v) is 13.6. The minimum Gasteiger partial charge on any atom is -0.429 e. The highest BCUT2D eigenvalue weighted by molar-refractivity contribution is 5.26. The van der Waals surface area contributed by atoms with Gasteiger partial charge in [0.05, 0.1) is 12.6 Å². The highest BCUT2D eigenvalue weighted by Gasteiger charge is 2.30. The van der Waals surface area contributed by atoms with Gasteiger partial charge in [-0.3, -0.25) is 4.90 Å². The van der Waals surface area contributed by atoms with Gasteiger partial charge in [0, 0.05) is 13.1 Å². The van der Waals surface area contributed by atoms with Crippen LogP contribution in [0.25, 0.3) is 0 Å². The van der Waals surface area contributed by atoms with Gasteiger partial charge in [-0.15, -0.1) is 10.2 Å². The lowest BCUT2D eigenvalue weighted by Gasteiger charge is -2.22. The lowest BCUT2D eigenvalue weighted by Crippen LogP contribution is -2.24. The summed E-state index contributed by atoms with van der Waals surface area (Å²) in [7, 11) is 1.99. The molecule has 0 amide bonds. The lowest BCUT2D eigenvalue weighted by atomic mass is 10.2. The Kier molecular flexibility index (Phi) is 4.04. The second-order valence-corrected chi connectivity index (χ2v) is 6.06. The number of rotatable bonds is 5. The summed E-state index contributed by atoms with van der Waals surface area (Å²) >= 11 is 0. The van der Waals surface area contributed by atoms with Crippen LogP contribution < -0.4 is 4.74 Å². The Morgan fingerprint density at radius 1 is 1.21 bits per heavy atom. The Balaban J connectivity index is 1.45. The van der Waals surface area contributed by atoms with Gasteiger partial charge in [0.1, 0.15) is 23.7 Å². The Morgan fingerprint density at radius 2 is 2.08 bits per heavy atom. The van der Waals surface area contributed by atoms with E-state index >= 15 is 0 Å². The van der Waals surface area contributed by atoms with Gasteiger partial charge in [-0.1, -0.05) is 18.2 Å². The number of aryl methyl sites for hydroxylation is 1. The first kappa shape index (κ1) is 15.0. The summed E-state index contributed by atoms with van der Waals surface area (Å²) in [5.74, 6) is 3.21. The second-order valence-electron chi connectivity index (χ2n) is 6.06. The SMILES string of the molecule is Cn1cnnc1[C@@H]1CCCN1Cc1ccc(Oc2ccccc2)o1. The van der Waals surface area contributed by atoms with Gasteiger partial charge in [-0.25, -0.2) is 0 Å². The summed E-state index contributed by atoms with van der Waals surface area (Å²) in [6.07, 6.45) is 4.01. The maximum absolute atomic E-state index is 5.84. The largest absolute Gasteiger partial charge is 0.429 e. The zero-order valence-electron chi connectivity index (χ0n) is 13.6. The van der Waals surface area contributed by atoms with Crippen LogP contribution in [0.15, 0.2) is 53.2 Å². The second kappa shape index (κ2) is 6.49. The quantitative estimate of drug-likeness (QED) is 0.718. The predicted octanol–water partition coefficient (Wildman–Crippen LogP) is 3.54. The first-order valence-electron chi connectivity index (χ1n) is 8.19. The van der Waals surface area contributed by atoms with Crippen molar-refractivity contribution in [1.82, 2.24) is 19.7 Å². The molecule has 1 atom stereocenters. The van der Waals surface area contributed by atoms with E-state index in [9.17, 15) is 0 Å². The summed E-state index contributed by atoms with van der Waals surface area (Å²) in [5, 5.41) is 8.27. The molecule has 1 aliphatic heterocycles.